The quantitative estimate of drug-likeness (QED) is 0.838. The Balaban J connectivity index is 2.03. The first-order chi connectivity index (χ1) is 9.48. The van der Waals surface area contributed by atoms with E-state index in [1.54, 1.807) is 4.31 Å². The van der Waals surface area contributed by atoms with Crippen molar-refractivity contribution < 1.29 is 13.2 Å². The Morgan fingerprint density at radius 3 is 2.65 bits per heavy atom. The van der Waals surface area contributed by atoms with Crippen LogP contribution in [-0.4, -0.2) is 38.5 Å². The molecule has 0 spiro atoms. The highest BCUT2D eigenvalue weighted by molar-refractivity contribution is 7.90. The van der Waals surface area contributed by atoms with Gasteiger partial charge in [0.25, 0.3) is 0 Å². The van der Waals surface area contributed by atoms with Gasteiger partial charge >= 0.3 is 10.2 Å². The highest BCUT2D eigenvalue weighted by atomic mass is 32.2. The zero-order valence-electron chi connectivity index (χ0n) is 11.9. The van der Waals surface area contributed by atoms with Crippen LogP contribution in [0.5, 0.6) is 5.75 Å². The summed E-state index contributed by atoms with van der Waals surface area (Å²) in [5.41, 5.74) is 1.69. The van der Waals surface area contributed by atoms with E-state index in [4.69, 9.17) is 4.74 Å². The topological polar surface area (TPSA) is 49.9 Å². The Hall–Kier alpha value is -1.27. The van der Waals surface area contributed by atoms with Crippen molar-refractivity contribution in [3.63, 3.8) is 0 Å². The number of anilines is 1. The molecule has 1 fully saturated rings. The zero-order chi connectivity index (χ0) is 14.3. The number of hydrogen-bond donors (Lipinski definition) is 0. The summed E-state index contributed by atoms with van der Waals surface area (Å²) in [5, 5.41) is 0. The molecule has 1 saturated heterocycles. The van der Waals surface area contributed by atoms with Gasteiger partial charge in [0, 0.05) is 13.1 Å². The molecule has 0 aliphatic carbocycles. The van der Waals surface area contributed by atoms with Crippen molar-refractivity contribution in [3.8, 4) is 5.75 Å². The van der Waals surface area contributed by atoms with Crippen LogP contribution in [0.2, 0.25) is 0 Å². The second-order valence-electron chi connectivity index (χ2n) is 5.54. The van der Waals surface area contributed by atoms with E-state index in [1.165, 1.54) is 4.31 Å². The molecule has 0 bridgehead atoms. The van der Waals surface area contributed by atoms with Crippen molar-refractivity contribution in [2.45, 2.75) is 32.8 Å². The first-order valence-corrected chi connectivity index (χ1v) is 8.43. The van der Waals surface area contributed by atoms with Gasteiger partial charge in [-0.15, -0.1) is 0 Å². The maximum Gasteiger partial charge on any atom is 0.304 e. The molecule has 0 saturated carbocycles. The van der Waals surface area contributed by atoms with Crippen LogP contribution < -0.4 is 9.04 Å². The van der Waals surface area contributed by atoms with E-state index in [1.807, 2.05) is 32.0 Å². The second-order valence-corrected chi connectivity index (χ2v) is 7.40. The van der Waals surface area contributed by atoms with Crippen molar-refractivity contribution >= 4 is 15.9 Å². The summed E-state index contributed by atoms with van der Waals surface area (Å²) >= 11 is 0. The largest absolute Gasteiger partial charge is 0.487 e. The minimum atomic E-state index is -3.44. The van der Waals surface area contributed by atoms with Crippen molar-refractivity contribution in [2.75, 3.05) is 23.9 Å². The average molecular weight is 296 g/mol. The number of ether oxygens (including phenoxy) is 1. The molecule has 0 unspecified atom stereocenters. The van der Waals surface area contributed by atoms with E-state index in [0.717, 1.165) is 18.4 Å². The smallest absolute Gasteiger partial charge is 0.304 e. The molecule has 2 aliphatic rings. The first kappa shape index (κ1) is 13.7. The van der Waals surface area contributed by atoms with Gasteiger partial charge in [0.1, 0.15) is 11.9 Å². The molecule has 0 amide bonds. The van der Waals surface area contributed by atoms with E-state index in [-0.39, 0.29) is 6.10 Å². The molecule has 3 rings (SSSR count). The van der Waals surface area contributed by atoms with Crippen LogP contribution in [-0.2, 0) is 10.2 Å². The molecule has 1 atom stereocenters. The molecule has 2 heterocycles. The lowest BCUT2D eigenvalue weighted by molar-refractivity contribution is 0.218. The average Bonchev–Trinajstić information content (AvgIpc) is 2.93. The summed E-state index contributed by atoms with van der Waals surface area (Å²) in [6.45, 7) is 5.47. The third-order valence-corrected chi connectivity index (χ3v) is 5.72. The standard InChI is InChI=1S/C14H20N2O3S/c1-11-5-6-14-13(9-11)16(10-12(2)19-14)20(17,18)15-7-3-4-8-15/h5-6,9,12H,3-4,7-8,10H2,1-2H3/t12-/m0/s1. The number of nitrogens with zero attached hydrogens (tertiary/aromatic N) is 2. The van der Waals surface area contributed by atoms with Crippen LogP contribution in [0.4, 0.5) is 5.69 Å². The predicted molar refractivity (Wildman–Crippen MR) is 78.3 cm³/mol. The van der Waals surface area contributed by atoms with E-state index in [0.29, 0.717) is 31.1 Å². The Morgan fingerprint density at radius 2 is 1.95 bits per heavy atom. The van der Waals surface area contributed by atoms with Crippen LogP contribution in [0.1, 0.15) is 25.3 Å². The molecule has 0 aromatic heterocycles. The van der Waals surface area contributed by atoms with Crippen LogP contribution in [0.25, 0.3) is 0 Å². The predicted octanol–water partition coefficient (Wildman–Crippen LogP) is 1.92. The summed E-state index contributed by atoms with van der Waals surface area (Å²) in [6.07, 6.45) is 1.75. The van der Waals surface area contributed by atoms with E-state index in [2.05, 4.69) is 0 Å². The number of aryl methyl sites for hydroxylation is 1. The molecule has 0 radical (unpaired) electrons. The van der Waals surface area contributed by atoms with Crippen molar-refractivity contribution in [1.82, 2.24) is 4.31 Å². The van der Waals surface area contributed by atoms with Gasteiger partial charge in [-0.3, -0.25) is 4.31 Å². The highest BCUT2D eigenvalue weighted by Gasteiger charge is 2.36. The van der Waals surface area contributed by atoms with Crippen LogP contribution >= 0.6 is 0 Å². The normalized spacial score (nSPS) is 23.5. The molecule has 0 N–H and O–H groups in total. The maximum atomic E-state index is 12.8. The fraction of sp³-hybridized carbons (Fsp3) is 0.571. The van der Waals surface area contributed by atoms with Gasteiger partial charge in [-0.05, 0) is 44.4 Å². The van der Waals surface area contributed by atoms with Crippen molar-refractivity contribution in [1.29, 1.82) is 0 Å². The number of benzene rings is 1. The molecule has 110 valence electrons. The molecule has 5 nitrogen and oxygen atoms in total. The zero-order valence-corrected chi connectivity index (χ0v) is 12.7. The molecular weight excluding hydrogens is 276 g/mol. The number of fused-ring (bicyclic) bond motifs is 1. The Labute approximate surface area is 120 Å². The minimum absolute atomic E-state index is 0.136. The van der Waals surface area contributed by atoms with Gasteiger partial charge in [-0.1, -0.05) is 6.07 Å². The summed E-state index contributed by atoms with van der Waals surface area (Å²) < 4.78 is 34.4. The van der Waals surface area contributed by atoms with E-state index >= 15 is 0 Å². The minimum Gasteiger partial charge on any atom is -0.487 e. The number of hydrogen-bond acceptors (Lipinski definition) is 3. The monoisotopic (exact) mass is 296 g/mol. The maximum absolute atomic E-state index is 12.8. The van der Waals surface area contributed by atoms with Crippen LogP contribution in [0, 0.1) is 6.92 Å². The van der Waals surface area contributed by atoms with Gasteiger partial charge in [0.2, 0.25) is 0 Å². The fourth-order valence-corrected chi connectivity index (χ4v) is 4.57. The molecule has 20 heavy (non-hydrogen) atoms. The Bertz CT molecular complexity index is 609. The third-order valence-electron chi connectivity index (χ3n) is 3.80. The first-order valence-electron chi connectivity index (χ1n) is 7.03. The van der Waals surface area contributed by atoms with E-state index < -0.39 is 10.2 Å². The SMILES string of the molecule is Cc1ccc2c(c1)N(S(=O)(=O)N1CCCC1)C[C@H](C)O2. The van der Waals surface area contributed by atoms with Gasteiger partial charge in [0.05, 0.1) is 12.2 Å². The fourth-order valence-electron chi connectivity index (χ4n) is 2.78. The van der Waals surface area contributed by atoms with Gasteiger partial charge in [0.15, 0.2) is 0 Å². The third kappa shape index (κ3) is 2.27. The van der Waals surface area contributed by atoms with Crippen LogP contribution in [0.15, 0.2) is 18.2 Å². The van der Waals surface area contributed by atoms with Gasteiger partial charge in [-0.25, -0.2) is 0 Å². The van der Waals surface area contributed by atoms with Crippen molar-refractivity contribution in [2.24, 2.45) is 0 Å². The Kier molecular flexibility index (Phi) is 3.38. The van der Waals surface area contributed by atoms with Gasteiger partial charge < -0.3 is 4.74 Å². The number of rotatable bonds is 2. The molecule has 1 aromatic rings. The summed E-state index contributed by atoms with van der Waals surface area (Å²) in [5.74, 6) is 0.650. The van der Waals surface area contributed by atoms with Gasteiger partial charge in [-0.2, -0.15) is 12.7 Å². The van der Waals surface area contributed by atoms with E-state index in [9.17, 15) is 8.42 Å². The van der Waals surface area contributed by atoms with Crippen LogP contribution in [0.3, 0.4) is 0 Å². The lowest BCUT2D eigenvalue weighted by Gasteiger charge is -2.36. The van der Waals surface area contributed by atoms with Crippen molar-refractivity contribution in [3.05, 3.63) is 23.8 Å². The summed E-state index contributed by atoms with van der Waals surface area (Å²) in [6, 6.07) is 5.68. The highest BCUT2D eigenvalue weighted by Crippen LogP contribution is 2.37. The molecule has 6 heteroatoms. The molecular formula is C14H20N2O3S. The molecule has 1 aromatic carbocycles. The summed E-state index contributed by atoms with van der Waals surface area (Å²) in [4.78, 5) is 0. The Morgan fingerprint density at radius 1 is 1.25 bits per heavy atom. The molecule has 2 aliphatic heterocycles. The summed E-state index contributed by atoms with van der Waals surface area (Å²) in [7, 11) is -3.44. The lowest BCUT2D eigenvalue weighted by atomic mass is 10.2. The second kappa shape index (κ2) is 4.93. The lowest BCUT2D eigenvalue weighted by Crippen LogP contribution is -2.48.